The predicted molar refractivity (Wildman–Crippen MR) is 59.3 cm³/mol. The van der Waals surface area contributed by atoms with Gasteiger partial charge in [-0.2, -0.15) is 0 Å². The molecule has 0 aliphatic heterocycles. The molecule has 0 aliphatic carbocycles. The highest BCUT2D eigenvalue weighted by atomic mass is 16.5. The first kappa shape index (κ1) is 11.7. The lowest BCUT2D eigenvalue weighted by atomic mass is 10.00. The highest BCUT2D eigenvalue weighted by Crippen LogP contribution is 2.09. The third kappa shape index (κ3) is 3.72. The predicted octanol–water partition coefficient (Wildman–Crippen LogP) is 1.37. The van der Waals surface area contributed by atoms with Crippen molar-refractivity contribution in [3.63, 3.8) is 0 Å². The topological polar surface area (TPSA) is 52.3 Å². The average Bonchev–Trinajstić information content (AvgIpc) is 2.27. The zero-order valence-corrected chi connectivity index (χ0v) is 8.98. The smallest absolute Gasteiger partial charge is 0.310 e. The Labute approximate surface area is 90.2 Å². The summed E-state index contributed by atoms with van der Waals surface area (Å²) in [5.41, 5.74) is 6.66. The Hall–Kier alpha value is -1.35. The Balaban J connectivity index is 2.58. The van der Waals surface area contributed by atoms with Crippen LogP contribution in [0.4, 0.5) is 0 Å². The zero-order chi connectivity index (χ0) is 11.1. The monoisotopic (exact) mass is 207 g/mol. The van der Waals surface area contributed by atoms with Crippen LogP contribution >= 0.6 is 0 Å². The van der Waals surface area contributed by atoms with E-state index in [-0.39, 0.29) is 11.9 Å². The van der Waals surface area contributed by atoms with Crippen molar-refractivity contribution in [2.75, 3.05) is 13.2 Å². The average molecular weight is 207 g/mol. The molecule has 1 aromatic rings. The minimum absolute atomic E-state index is 0.205. The molecule has 0 heterocycles. The largest absolute Gasteiger partial charge is 0.466 e. The first-order valence-electron chi connectivity index (χ1n) is 5.18. The molecule has 0 fully saturated rings. The van der Waals surface area contributed by atoms with Gasteiger partial charge in [-0.25, -0.2) is 0 Å². The van der Waals surface area contributed by atoms with Gasteiger partial charge in [0, 0.05) is 6.54 Å². The van der Waals surface area contributed by atoms with E-state index >= 15 is 0 Å². The van der Waals surface area contributed by atoms with E-state index < -0.39 is 0 Å². The number of hydrogen-bond donors (Lipinski definition) is 1. The van der Waals surface area contributed by atoms with Gasteiger partial charge in [0.1, 0.15) is 0 Å². The number of hydrogen-bond acceptors (Lipinski definition) is 3. The minimum atomic E-state index is -0.229. The normalized spacial score (nSPS) is 12.1. The van der Waals surface area contributed by atoms with E-state index in [0.717, 1.165) is 5.56 Å². The van der Waals surface area contributed by atoms with Crippen LogP contribution in [0.5, 0.6) is 0 Å². The van der Waals surface area contributed by atoms with E-state index in [1.165, 1.54) is 0 Å². The Kier molecular flexibility index (Phi) is 4.84. The van der Waals surface area contributed by atoms with Gasteiger partial charge in [-0.05, 0) is 18.9 Å². The van der Waals surface area contributed by atoms with Crippen molar-refractivity contribution < 1.29 is 9.53 Å². The van der Waals surface area contributed by atoms with Crippen LogP contribution in [0.25, 0.3) is 0 Å². The molecule has 0 amide bonds. The van der Waals surface area contributed by atoms with Gasteiger partial charge in [0.25, 0.3) is 0 Å². The third-order valence-corrected chi connectivity index (χ3v) is 2.23. The molecule has 0 saturated heterocycles. The summed E-state index contributed by atoms with van der Waals surface area (Å²) in [5.74, 6) is -0.434. The molecule has 3 heteroatoms. The van der Waals surface area contributed by atoms with Crippen LogP contribution in [0.15, 0.2) is 30.3 Å². The van der Waals surface area contributed by atoms with Crippen molar-refractivity contribution in [2.24, 2.45) is 11.7 Å². The Morgan fingerprint density at radius 2 is 2.07 bits per heavy atom. The van der Waals surface area contributed by atoms with Crippen molar-refractivity contribution in [2.45, 2.75) is 13.3 Å². The van der Waals surface area contributed by atoms with Gasteiger partial charge in [0.15, 0.2) is 0 Å². The highest BCUT2D eigenvalue weighted by Gasteiger charge is 2.17. The molecule has 1 aromatic carbocycles. The van der Waals surface area contributed by atoms with Crippen LogP contribution < -0.4 is 5.73 Å². The molecular formula is C12H17NO2. The molecule has 82 valence electrons. The van der Waals surface area contributed by atoms with Crippen LogP contribution in [-0.4, -0.2) is 19.1 Å². The van der Waals surface area contributed by atoms with Crippen molar-refractivity contribution >= 4 is 5.97 Å². The molecule has 0 aromatic heterocycles. The first-order valence-corrected chi connectivity index (χ1v) is 5.18. The van der Waals surface area contributed by atoms with E-state index in [1.807, 2.05) is 30.3 Å². The van der Waals surface area contributed by atoms with Crippen molar-refractivity contribution in [3.8, 4) is 0 Å². The molecule has 3 nitrogen and oxygen atoms in total. The zero-order valence-electron chi connectivity index (χ0n) is 8.98. The first-order chi connectivity index (χ1) is 7.27. The lowest BCUT2D eigenvalue weighted by Crippen LogP contribution is -2.27. The van der Waals surface area contributed by atoms with Gasteiger partial charge in [-0.1, -0.05) is 30.3 Å². The fraction of sp³-hybridized carbons (Fsp3) is 0.417. The summed E-state index contributed by atoms with van der Waals surface area (Å²) in [4.78, 5) is 11.5. The quantitative estimate of drug-likeness (QED) is 0.742. The maximum atomic E-state index is 11.5. The molecule has 0 aliphatic rings. The van der Waals surface area contributed by atoms with Crippen LogP contribution in [-0.2, 0) is 16.0 Å². The second-order valence-corrected chi connectivity index (χ2v) is 3.37. The summed E-state index contributed by atoms with van der Waals surface area (Å²) in [6.45, 7) is 2.53. The number of esters is 1. The van der Waals surface area contributed by atoms with Crippen molar-refractivity contribution in [3.05, 3.63) is 35.9 Å². The second-order valence-electron chi connectivity index (χ2n) is 3.37. The van der Waals surface area contributed by atoms with E-state index in [2.05, 4.69) is 0 Å². The van der Waals surface area contributed by atoms with Crippen LogP contribution in [0.2, 0.25) is 0 Å². The number of carbonyl (C=O) groups excluding carboxylic acids is 1. The van der Waals surface area contributed by atoms with E-state index in [0.29, 0.717) is 19.6 Å². The fourth-order valence-electron chi connectivity index (χ4n) is 1.42. The third-order valence-electron chi connectivity index (χ3n) is 2.23. The van der Waals surface area contributed by atoms with Crippen molar-refractivity contribution in [1.82, 2.24) is 0 Å². The summed E-state index contributed by atoms with van der Waals surface area (Å²) < 4.78 is 4.95. The van der Waals surface area contributed by atoms with Crippen LogP contribution in [0.3, 0.4) is 0 Å². The van der Waals surface area contributed by atoms with Gasteiger partial charge in [0.05, 0.1) is 12.5 Å². The van der Waals surface area contributed by atoms with Crippen LogP contribution in [0.1, 0.15) is 12.5 Å². The molecule has 1 atom stereocenters. The number of nitrogens with two attached hydrogens (primary N) is 1. The molecule has 1 rings (SSSR count). The minimum Gasteiger partial charge on any atom is -0.466 e. The van der Waals surface area contributed by atoms with E-state index in [1.54, 1.807) is 6.92 Å². The number of ether oxygens (including phenoxy) is 1. The van der Waals surface area contributed by atoms with Gasteiger partial charge >= 0.3 is 5.97 Å². The summed E-state index contributed by atoms with van der Waals surface area (Å²) in [7, 11) is 0. The summed E-state index contributed by atoms with van der Waals surface area (Å²) in [6, 6.07) is 9.83. The molecular weight excluding hydrogens is 190 g/mol. The Morgan fingerprint density at radius 1 is 1.40 bits per heavy atom. The molecule has 0 radical (unpaired) electrons. The molecule has 0 saturated carbocycles. The SMILES string of the molecule is CCOC(=O)[C@H](CN)Cc1ccccc1. The molecule has 0 unspecified atom stereocenters. The fourth-order valence-corrected chi connectivity index (χ4v) is 1.42. The van der Waals surface area contributed by atoms with E-state index in [9.17, 15) is 4.79 Å². The standard InChI is InChI=1S/C12H17NO2/c1-2-15-12(14)11(9-13)8-10-6-4-3-5-7-10/h3-7,11H,2,8-9,13H2,1H3/t11-/m0/s1. The number of carbonyl (C=O) groups is 1. The molecule has 0 bridgehead atoms. The number of rotatable bonds is 5. The van der Waals surface area contributed by atoms with Crippen LogP contribution in [0, 0.1) is 5.92 Å². The van der Waals surface area contributed by atoms with Gasteiger partial charge in [-0.3, -0.25) is 4.79 Å². The second kappa shape index (κ2) is 6.19. The van der Waals surface area contributed by atoms with Gasteiger partial charge in [0.2, 0.25) is 0 Å². The number of benzene rings is 1. The Bertz CT molecular complexity index is 298. The maximum Gasteiger partial charge on any atom is 0.310 e. The van der Waals surface area contributed by atoms with Gasteiger partial charge in [-0.15, -0.1) is 0 Å². The molecule has 2 N–H and O–H groups in total. The summed E-state index contributed by atoms with van der Waals surface area (Å²) in [6.07, 6.45) is 0.649. The van der Waals surface area contributed by atoms with E-state index in [4.69, 9.17) is 10.5 Å². The van der Waals surface area contributed by atoms with Gasteiger partial charge < -0.3 is 10.5 Å². The lowest BCUT2D eigenvalue weighted by Gasteiger charge is -2.13. The lowest BCUT2D eigenvalue weighted by molar-refractivity contribution is -0.147. The maximum absolute atomic E-state index is 11.5. The Morgan fingerprint density at radius 3 is 2.60 bits per heavy atom. The van der Waals surface area contributed by atoms with Crippen molar-refractivity contribution in [1.29, 1.82) is 0 Å². The summed E-state index contributed by atoms with van der Waals surface area (Å²) >= 11 is 0. The summed E-state index contributed by atoms with van der Waals surface area (Å²) in [5, 5.41) is 0. The molecule has 15 heavy (non-hydrogen) atoms. The molecule has 0 spiro atoms. The highest BCUT2D eigenvalue weighted by molar-refractivity contribution is 5.73.